The number of ether oxygens (including phenoxy) is 2. The third-order valence-corrected chi connectivity index (χ3v) is 4.14. The van der Waals surface area contributed by atoms with Crippen LogP contribution in [0.25, 0.3) is 11.6 Å². The molecule has 1 atom stereocenters. The van der Waals surface area contributed by atoms with Crippen LogP contribution >= 0.6 is 0 Å². The van der Waals surface area contributed by atoms with Gasteiger partial charge in [0.1, 0.15) is 17.6 Å². The van der Waals surface area contributed by atoms with Crippen LogP contribution in [0, 0.1) is 21.4 Å². The number of rotatable bonds is 5. The van der Waals surface area contributed by atoms with Crippen molar-refractivity contribution in [2.24, 2.45) is 0 Å². The Morgan fingerprint density at radius 1 is 1.42 bits per heavy atom. The zero-order valence-electron chi connectivity index (χ0n) is 14.6. The molecule has 6 nitrogen and oxygen atoms in total. The Labute approximate surface area is 151 Å². The molecular formula is C20H18N2O4. The first-order chi connectivity index (χ1) is 12.5. The third kappa shape index (κ3) is 3.52. The molecule has 0 bridgehead atoms. The maximum absolute atomic E-state index is 10.8. The van der Waals surface area contributed by atoms with E-state index in [9.17, 15) is 15.4 Å². The second-order valence-electron chi connectivity index (χ2n) is 6.04. The van der Waals surface area contributed by atoms with E-state index in [1.54, 1.807) is 18.2 Å². The minimum atomic E-state index is -0.467. The Morgan fingerprint density at radius 2 is 2.15 bits per heavy atom. The van der Waals surface area contributed by atoms with Crippen LogP contribution in [-0.2, 0) is 6.42 Å². The average Bonchev–Trinajstić information content (AvgIpc) is 2.98. The van der Waals surface area contributed by atoms with E-state index in [0.29, 0.717) is 23.5 Å². The monoisotopic (exact) mass is 350 g/mol. The summed E-state index contributed by atoms with van der Waals surface area (Å²) < 4.78 is 11.5. The van der Waals surface area contributed by atoms with Gasteiger partial charge in [-0.3, -0.25) is 10.1 Å². The molecule has 132 valence electrons. The van der Waals surface area contributed by atoms with E-state index >= 15 is 0 Å². The quantitative estimate of drug-likeness (QED) is 0.346. The first-order valence-electron chi connectivity index (χ1n) is 8.34. The van der Waals surface area contributed by atoms with Crippen LogP contribution in [0.15, 0.2) is 36.4 Å². The highest BCUT2D eigenvalue weighted by molar-refractivity contribution is 5.91. The number of nitro benzene ring substituents is 1. The fourth-order valence-corrected chi connectivity index (χ4v) is 2.95. The molecule has 1 unspecified atom stereocenters. The summed E-state index contributed by atoms with van der Waals surface area (Å²) in [6.07, 6.45) is 2.66. The predicted molar refractivity (Wildman–Crippen MR) is 98.0 cm³/mol. The Morgan fingerprint density at radius 3 is 2.77 bits per heavy atom. The van der Waals surface area contributed by atoms with E-state index < -0.39 is 4.92 Å². The molecule has 0 N–H and O–H groups in total. The van der Waals surface area contributed by atoms with Crippen molar-refractivity contribution in [3.05, 3.63) is 63.2 Å². The lowest BCUT2D eigenvalue weighted by atomic mass is 10.0. The number of nitrogens with zero attached hydrogens (tertiary/aromatic N) is 2. The summed E-state index contributed by atoms with van der Waals surface area (Å²) in [4.78, 5) is 10.3. The number of allylic oxidation sites excluding steroid dienone is 1. The van der Waals surface area contributed by atoms with Gasteiger partial charge in [-0.2, -0.15) is 5.26 Å². The van der Waals surface area contributed by atoms with Crippen LogP contribution in [0.4, 0.5) is 5.69 Å². The summed E-state index contributed by atoms with van der Waals surface area (Å²) in [5.74, 6) is 1.49. The summed E-state index contributed by atoms with van der Waals surface area (Å²) in [7, 11) is 0. The zero-order valence-corrected chi connectivity index (χ0v) is 14.6. The lowest BCUT2D eigenvalue weighted by Crippen LogP contribution is -2.05. The predicted octanol–water partition coefficient (Wildman–Crippen LogP) is 4.38. The van der Waals surface area contributed by atoms with Crippen molar-refractivity contribution in [3.8, 4) is 17.6 Å². The molecule has 0 spiro atoms. The molecule has 26 heavy (non-hydrogen) atoms. The van der Waals surface area contributed by atoms with Crippen molar-refractivity contribution in [1.82, 2.24) is 0 Å². The number of fused-ring (bicyclic) bond motifs is 1. The standard InChI is InChI=1S/C20H18N2O4/c1-3-25-19-10-15-8-13(2)26-20(15)11-16(19)9-17(12-21)14-4-6-18(7-5-14)22(23)24/h4-7,9-11,13H,3,8H2,1-2H3. The minimum absolute atomic E-state index is 0.0130. The Hall–Kier alpha value is -3.33. The smallest absolute Gasteiger partial charge is 0.269 e. The lowest BCUT2D eigenvalue weighted by Gasteiger charge is -2.10. The normalized spacial score (nSPS) is 15.7. The molecule has 6 heteroatoms. The van der Waals surface area contributed by atoms with Crippen LogP contribution in [0.3, 0.4) is 0 Å². The molecule has 1 aliphatic heterocycles. The van der Waals surface area contributed by atoms with Crippen LogP contribution in [0.1, 0.15) is 30.5 Å². The van der Waals surface area contributed by atoms with E-state index in [-0.39, 0.29) is 11.8 Å². The van der Waals surface area contributed by atoms with Gasteiger partial charge in [0.2, 0.25) is 0 Å². The van der Waals surface area contributed by atoms with E-state index in [1.165, 1.54) is 12.1 Å². The molecule has 1 aliphatic rings. The Bertz CT molecular complexity index is 911. The van der Waals surface area contributed by atoms with E-state index in [0.717, 1.165) is 23.3 Å². The average molecular weight is 350 g/mol. The van der Waals surface area contributed by atoms with Crippen molar-refractivity contribution in [2.75, 3.05) is 6.61 Å². The molecule has 0 radical (unpaired) electrons. The number of non-ortho nitro benzene ring substituents is 1. The largest absolute Gasteiger partial charge is 0.493 e. The summed E-state index contributed by atoms with van der Waals surface area (Å²) in [5, 5.41) is 20.3. The number of benzene rings is 2. The third-order valence-electron chi connectivity index (χ3n) is 4.14. The van der Waals surface area contributed by atoms with Gasteiger partial charge in [0.25, 0.3) is 5.69 Å². The molecule has 3 rings (SSSR count). The van der Waals surface area contributed by atoms with E-state index in [2.05, 4.69) is 6.07 Å². The molecular weight excluding hydrogens is 332 g/mol. The highest BCUT2D eigenvalue weighted by Gasteiger charge is 2.21. The maximum atomic E-state index is 10.8. The van der Waals surface area contributed by atoms with Gasteiger partial charge < -0.3 is 9.47 Å². The van der Waals surface area contributed by atoms with Gasteiger partial charge in [0.05, 0.1) is 23.2 Å². The number of hydrogen-bond acceptors (Lipinski definition) is 5. The van der Waals surface area contributed by atoms with Crippen molar-refractivity contribution >= 4 is 17.3 Å². The minimum Gasteiger partial charge on any atom is -0.493 e. The lowest BCUT2D eigenvalue weighted by molar-refractivity contribution is -0.384. The number of hydrogen-bond donors (Lipinski definition) is 0. The van der Waals surface area contributed by atoms with E-state index in [1.807, 2.05) is 26.0 Å². The van der Waals surface area contributed by atoms with Gasteiger partial charge >= 0.3 is 0 Å². The number of nitro groups is 1. The van der Waals surface area contributed by atoms with Crippen LogP contribution in [0.2, 0.25) is 0 Å². The van der Waals surface area contributed by atoms with Crippen LogP contribution < -0.4 is 9.47 Å². The van der Waals surface area contributed by atoms with Gasteiger partial charge in [0.15, 0.2) is 0 Å². The maximum Gasteiger partial charge on any atom is 0.269 e. The molecule has 0 fully saturated rings. The second kappa shape index (κ2) is 7.28. The highest BCUT2D eigenvalue weighted by Crippen LogP contribution is 2.36. The van der Waals surface area contributed by atoms with Crippen molar-refractivity contribution in [3.63, 3.8) is 0 Å². The summed E-state index contributed by atoms with van der Waals surface area (Å²) in [5.41, 5.74) is 2.82. The van der Waals surface area contributed by atoms with Gasteiger partial charge in [-0.1, -0.05) is 0 Å². The highest BCUT2D eigenvalue weighted by atomic mass is 16.6. The Kier molecular flexibility index (Phi) is 4.90. The van der Waals surface area contributed by atoms with Crippen molar-refractivity contribution in [1.29, 1.82) is 5.26 Å². The summed E-state index contributed by atoms with van der Waals surface area (Å²) in [6.45, 7) is 4.42. The Balaban J connectivity index is 2.02. The summed E-state index contributed by atoms with van der Waals surface area (Å²) in [6, 6.07) is 11.9. The van der Waals surface area contributed by atoms with Crippen LogP contribution in [0.5, 0.6) is 11.5 Å². The SMILES string of the molecule is CCOc1cc2c(cc1C=C(C#N)c1ccc([N+](=O)[O-])cc1)OC(C)C2. The molecule has 0 saturated carbocycles. The zero-order chi connectivity index (χ0) is 18.7. The van der Waals surface area contributed by atoms with Gasteiger partial charge in [-0.25, -0.2) is 0 Å². The van der Waals surface area contributed by atoms with Gasteiger partial charge in [0, 0.05) is 29.7 Å². The fraction of sp³-hybridized carbons (Fsp3) is 0.250. The first kappa shape index (κ1) is 17.5. The molecule has 0 aromatic heterocycles. The fourth-order valence-electron chi connectivity index (χ4n) is 2.95. The summed E-state index contributed by atoms with van der Waals surface area (Å²) >= 11 is 0. The molecule has 1 heterocycles. The van der Waals surface area contributed by atoms with Crippen LogP contribution in [-0.4, -0.2) is 17.6 Å². The number of nitriles is 1. The molecule has 2 aromatic rings. The van der Waals surface area contributed by atoms with Crippen molar-refractivity contribution < 1.29 is 14.4 Å². The molecule has 0 aliphatic carbocycles. The second-order valence-corrected chi connectivity index (χ2v) is 6.04. The topological polar surface area (TPSA) is 85.4 Å². The van der Waals surface area contributed by atoms with E-state index in [4.69, 9.17) is 9.47 Å². The van der Waals surface area contributed by atoms with Gasteiger partial charge in [-0.05, 0) is 49.8 Å². The molecule has 0 saturated heterocycles. The van der Waals surface area contributed by atoms with Crippen molar-refractivity contribution in [2.45, 2.75) is 26.4 Å². The first-order valence-corrected chi connectivity index (χ1v) is 8.34. The molecule has 0 amide bonds. The van der Waals surface area contributed by atoms with Gasteiger partial charge in [-0.15, -0.1) is 0 Å². The molecule has 2 aromatic carbocycles.